The first-order valence-corrected chi connectivity index (χ1v) is 7.32. The third-order valence-electron chi connectivity index (χ3n) is 2.99. The van der Waals surface area contributed by atoms with Crippen molar-refractivity contribution < 1.29 is 9.53 Å². The summed E-state index contributed by atoms with van der Waals surface area (Å²) >= 11 is 5.94. The first-order chi connectivity index (χ1) is 10.6. The van der Waals surface area contributed by atoms with Crippen molar-refractivity contribution in [3.05, 3.63) is 58.9 Å². The number of benzene rings is 1. The Kier molecular flexibility index (Phi) is 6.03. The van der Waals surface area contributed by atoms with E-state index in [9.17, 15) is 4.79 Å². The molecule has 0 atom stereocenters. The van der Waals surface area contributed by atoms with Crippen LogP contribution in [0.5, 0.6) is 5.75 Å². The van der Waals surface area contributed by atoms with Crippen LogP contribution in [0, 0.1) is 6.92 Å². The molecule has 0 aliphatic rings. The van der Waals surface area contributed by atoms with Crippen molar-refractivity contribution in [2.24, 2.45) is 0 Å². The van der Waals surface area contributed by atoms with Gasteiger partial charge in [-0.2, -0.15) is 0 Å². The van der Waals surface area contributed by atoms with E-state index < -0.39 is 0 Å². The normalized spacial score (nSPS) is 10.1. The van der Waals surface area contributed by atoms with Crippen molar-refractivity contribution in [1.29, 1.82) is 0 Å². The number of nitrogens with one attached hydrogen (secondary N) is 2. The molecule has 0 radical (unpaired) electrons. The van der Waals surface area contributed by atoms with Gasteiger partial charge in [0, 0.05) is 24.0 Å². The van der Waals surface area contributed by atoms with Crippen LogP contribution in [0.3, 0.4) is 0 Å². The fourth-order valence-electron chi connectivity index (χ4n) is 1.79. The number of hydrogen-bond acceptors (Lipinski definition) is 3. The smallest absolute Gasteiger partial charge is 0.315 e. The predicted molar refractivity (Wildman–Crippen MR) is 86.2 cm³/mol. The largest absolute Gasteiger partial charge is 0.492 e. The van der Waals surface area contributed by atoms with E-state index in [1.54, 1.807) is 24.5 Å². The van der Waals surface area contributed by atoms with Crippen LogP contribution < -0.4 is 15.4 Å². The minimum atomic E-state index is -0.229. The third kappa shape index (κ3) is 5.26. The fourth-order valence-corrected chi connectivity index (χ4v) is 1.90. The monoisotopic (exact) mass is 319 g/mol. The van der Waals surface area contributed by atoms with Crippen LogP contribution in [-0.4, -0.2) is 24.2 Å². The Balaban J connectivity index is 1.63. The van der Waals surface area contributed by atoms with Crippen LogP contribution in [0.15, 0.2) is 42.7 Å². The Morgan fingerprint density at radius 1 is 1.23 bits per heavy atom. The molecular formula is C16H18ClN3O2. The van der Waals surface area contributed by atoms with Crippen LogP contribution in [0.2, 0.25) is 5.02 Å². The number of ether oxygens (including phenoxy) is 1. The van der Waals surface area contributed by atoms with E-state index in [1.165, 1.54) is 0 Å². The number of aromatic nitrogens is 1. The van der Waals surface area contributed by atoms with E-state index in [1.807, 2.05) is 25.1 Å². The number of aryl methyl sites for hydroxylation is 1. The predicted octanol–water partition coefficient (Wildman–Crippen LogP) is 2.92. The molecule has 116 valence electrons. The van der Waals surface area contributed by atoms with Crippen molar-refractivity contribution in [1.82, 2.24) is 15.6 Å². The van der Waals surface area contributed by atoms with Gasteiger partial charge in [-0.1, -0.05) is 11.6 Å². The highest BCUT2D eigenvalue weighted by Gasteiger charge is 2.01. The molecule has 0 bridgehead atoms. The zero-order valence-electron chi connectivity index (χ0n) is 12.3. The quantitative estimate of drug-likeness (QED) is 0.805. The average molecular weight is 320 g/mol. The number of rotatable bonds is 6. The number of carbonyl (C=O) groups is 1. The number of halogens is 1. The second-order valence-electron chi connectivity index (χ2n) is 4.72. The van der Waals surface area contributed by atoms with Crippen molar-refractivity contribution in [3.8, 4) is 5.75 Å². The molecule has 2 N–H and O–H groups in total. The van der Waals surface area contributed by atoms with Crippen molar-refractivity contribution >= 4 is 17.6 Å². The SMILES string of the molecule is Cc1cc(OCCNC(=O)NCc2ccncc2)ccc1Cl. The summed E-state index contributed by atoms with van der Waals surface area (Å²) in [5.41, 5.74) is 1.96. The van der Waals surface area contributed by atoms with Gasteiger partial charge in [0.2, 0.25) is 0 Å². The van der Waals surface area contributed by atoms with E-state index in [0.29, 0.717) is 24.7 Å². The summed E-state index contributed by atoms with van der Waals surface area (Å²) < 4.78 is 5.55. The molecule has 5 nitrogen and oxygen atoms in total. The maximum Gasteiger partial charge on any atom is 0.315 e. The van der Waals surface area contributed by atoms with E-state index >= 15 is 0 Å². The molecule has 1 aromatic heterocycles. The molecule has 1 aromatic carbocycles. The average Bonchev–Trinajstić information content (AvgIpc) is 2.54. The van der Waals surface area contributed by atoms with Crippen LogP contribution >= 0.6 is 11.6 Å². The summed E-state index contributed by atoms with van der Waals surface area (Å²) in [6.07, 6.45) is 3.38. The van der Waals surface area contributed by atoms with E-state index in [-0.39, 0.29) is 6.03 Å². The molecule has 2 aromatic rings. The summed E-state index contributed by atoms with van der Waals surface area (Å²) in [6, 6.07) is 8.94. The van der Waals surface area contributed by atoms with Crippen molar-refractivity contribution in [3.63, 3.8) is 0 Å². The highest BCUT2D eigenvalue weighted by molar-refractivity contribution is 6.31. The highest BCUT2D eigenvalue weighted by Crippen LogP contribution is 2.20. The maximum atomic E-state index is 11.6. The number of hydrogen-bond donors (Lipinski definition) is 2. The van der Waals surface area contributed by atoms with Gasteiger partial charge in [-0.15, -0.1) is 0 Å². The summed E-state index contributed by atoms with van der Waals surface area (Å²) in [5.74, 6) is 0.737. The Morgan fingerprint density at radius 3 is 2.73 bits per heavy atom. The van der Waals surface area contributed by atoms with Gasteiger partial charge in [-0.25, -0.2) is 4.79 Å². The van der Waals surface area contributed by atoms with Gasteiger partial charge in [-0.3, -0.25) is 4.98 Å². The number of urea groups is 1. The topological polar surface area (TPSA) is 63.2 Å². The van der Waals surface area contributed by atoms with E-state index in [2.05, 4.69) is 15.6 Å². The maximum absolute atomic E-state index is 11.6. The molecule has 0 fully saturated rings. The molecule has 0 aliphatic carbocycles. The molecule has 0 aliphatic heterocycles. The van der Waals surface area contributed by atoms with Gasteiger partial charge in [-0.05, 0) is 48.4 Å². The molecule has 0 spiro atoms. The fraction of sp³-hybridized carbons (Fsp3) is 0.250. The lowest BCUT2D eigenvalue weighted by Crippen LogP contribution is -2.37. The first kappa shape index (κ1) is 16.1. The third-order valence-corrected chi connectivity index (χ3v) is 3.41. The van der Waals surface area contributed by atoms with Crippen molar-refractivity contribution in [2.75, 3.05) is 13.2 Å². The van der Waals surface area contributed by atoms with Gasteiger partial charge in [0.15, 0.2) is 0 Å². The molecule has 0 saturated heterocycles. The highest BCUT2D eigenvalue weighted by atomic mass is 35.5. The first-order valence-electron chi connectivity index (χ1n) is 6.95. The number of carbonyl (C=O) groups excluding carboxylic acids is 1. The molecule has 6 heteroatoms. The second kappa shape index (κ2) is 8.24. The van der Waals surface area contributed by atoms with Crippen LogP contribution in [0.4, 0.5) is 4.79 Å². The lowest BCUT2D eigenvalue weighted by Gasteiger charge is -2.10. The Bertz CT molecular complexity index is 620. The van der Waals surface area contributed by atoms with Gasteiger partial charge >= 0.3 is 6.03 Å². The molecular weight excluding hydrogens is 302 g/mol. The minimum Gasteiger partial charge on any atom is -0.492 e. The zero-order valence-corrected chi connectivity index (χ0v) is 13.1. The Hall–Kier alpha value is -2.27. The molecule has 2 amide bonds. The molecule has 1 heterocycles. The van der Waals surface area contributed by atoms with Crippen LogP contribution in [0.1, 0.15) is 11.1 Å². The molecule has 2 rings (SSSR count). The number of pyridine rings is 1. The second-order valence-corrected chi connectivity index (χ2v) is 5.13. The van der Waals surface area contributed by atoms with E-state index in [0.717, 1.165) is 16.9 Å². The number of nitrogens with zero attached hydrogens (tertiary/aromatic N) is 1. The van der Waals surface area contributed by atoms with Crippen LogP contribution in [-0.2, 0) is 6.54 Å². The lowest BCUT2D eigenvalue weighted by molar-refractivity contribution is 0.236. The van der Waals surface area contributed by atoms with Gasteiger partial charge in [0.05, 0.1) is 6.54 Å². The van der Waals surface area contributed by atoms with E-state index in [4.69, 9.17) is 16.3 Å². The Morgan fingerprint density at radius 2 is 2.00 bits per heavy atom. The molecule has 0 unspecified atom stereocenters. The van der Waals surface area contributed by atoms with Crippen molar-refractivity contribution in [2.45, 2.75) is 13.5 Å². The molecule has 0 saturated carbocycles. The van der Waals surface area contributed by atoms with Gasteiger partial charge in [0.1, 0.15) is 12.4 Å². The lowest BCUT2D eigenvalue weighted by atomic mass is 10.2. The minimum absolute atomic E-state index is 0.229. The van der Waals surface area contributed by atoms with Crippen LogP contribution in [0.25, 0.3) is 0 Å². The van der Waals surface area contributed by atoms with Gasteiger partial charge < -0.3 is 15.4 Å². The summed E-state index contributed by atoms with van der Waals surface area (Å²) in [6.45, 7) is 3.19. The summed E-state index contributed by atoms with van der Waals surface area (Å²) in [4.78, 5) is 15.5. The number of amides is 2. The zero-order chi connectivity index (χ0) is 15.8. The standard InChI is InChI=1S/C16H18ClN3O2/c1-12-10-14(2-3-15(12)17)22-9-8-19-16(21)20-11-13-4-6-18-7-5-13/h2-7,10H,8-9,11H2,1H3,(H2,19,20,21). The molecule has 22 heavy (non-hydrogen) atoms. The van der Waals surface area contributed by atoms with Gasteiger partial charge in [0.25, 0.3) is 0 Å². The Labute approximate surface area is 134 Å². The summed E-state index contributed by atoms with van der Waals surface area (Å²) in [7, 11) is 0. The summed E-state index contributed by atoms with van der Waals surface area (Å²) in [5, 5.41) is 6.21.